The highest BCUT2D eigenvalue weighted by atomic mass is 19.1. The van der Waals surface area contributed by atoms with Crippen molar-refractivity contribution in [1.82, 2.24) is 0 Å². The molecule has 3 N–H and O–H groups in total. The summed E-state index contributed by atoms with van der Waals surface area (Å²) in [5, 5.41) is 8.60. The maximum absolute atomic E-state index is 13.3. The van der Waals surface area contributed by atoms with Crippen LogP contribution in [0.5, 0.6) is 0 Å². The lowest BCUT2D eigenvalue weighted by molar-refractivity contribution is 0.0691. The topological polar surface area (TPSA) is 63.3 Å². The molecule has 0 spiro atoms. The van der Waals surface area contributed by atoms with Crippen molar-refractivity contribution in [1.29, 1.82) is 0 Å². The molecule has 0 amide bonds. The molecule has 0 unspecified atom stereocenters. The van der Waals surface area contributed by atoms with Crippen molar-refractivity contribution in [3.63, 3.8) is 0 Å². The van der Waals surface area contributed by atoms with E-state index in [1.807, 2.05) is 0 Å². The van der Waals surface area contributed by atoms with E-state index in [4.69, 9.17) is 10.8 Å². The largest absolute Gasteiger partial charge is 0.478 e. The average molecular weight is 183 g/mol. The summed E-state index contributed by atoms with van der Waals surface area (Å²) in [7, 11) is 0. The summed E-state index contributed by atoms with van der Waals surface area (Å²) >= 11 is 0. The Labute approximate surface area is 75.0 Å². The normalized spacial score (nSPS) is 10.0. The van der Waals surface area contributed by atoms with Crippen LogP contribution in [-0.2, 0) is 6.42 Å². The lowest BCUT2D eigenvalue weighted by Crippen LogP contribution is -2.06. The highest BCUT2D eigenvalue weighted by Crippen LogP contribution is 2.20. The van der Waals surface area contributed by atoms with Gasteiger partial charge in [-0.25, -0.2) is 9.18 Å². The first-order valence-corrected chi connectivity index (χ1v) is 3.88. The Morgan fingerprint density at radius 2 is 2.23 bits per heavy atom. The number of nitrogen functional groups attached to an aromatic ring is 1. The summed E-state index contributed by atoms with van der Waals surface area (Å²) in [5.41, 5.74) is 5.70. The fraction of sp³-hybridized carbons (Fsp3) is 0.222. The first-order valence-electron chi connectivity index (χ1n) is 3.88. The summed E-state index contributed by atoms with van der Waals surface area (Å²) in [4.78, 5) is 10.5. The number of halogens is 1. The number of hydrogen-bond donors (Lipinski definition) is 2. The molecule has 1 rings (SSSR count). The molecule has 70 valence electrons. The minimum atomic E-state index is -1.27. The summed E-state index contributed by atoms with van der Waals surface area (Å²) in [5.74, 6) is -2.00. The van der Waals surface area contributed by atoms with E-state index in [1.165, 1.54) is 12.1 Å². The lowest BCUT2D eigenvalue weighted by atomic mass is 10.1. The third-order valence-electron chi connectivity index (χ3n) is 1.86. The first-order chi connectivity index (χ1) is 6.07. The van der Waals surface area contributed by atoms with E-state index in [0.717, 1.165) is 0 Å². The molecule has 3 nitrogen and oxygen atoms in total. The van der Waals surface area contributed by atoms with Crippen molar-refractivity contribution >= 4 is 11.7 Å². The Hall–Kier alpha value is -1.58. The molecular formula is C9H10FNO2. The summed E-state index contributed by atoms with van der Waals surface area (Å²) in [6.45, 7) is 1.72. The molecule has 0 aliphatic rings. The van der Waals surface area contributed by atoms with Gasteiger partial charge in [0.25, 0.3) is 0 Å². The second kappa shape index (κ2) is 3.43. The third-order valence-corrected chi connectivity index (χ3v) is 1.86. The number of aromatic carboxylic acids is 1. The van der Waals surface area contributed by atoms with Gasteiger partial charge in [0.1, 0.15) is 5.82 Å². The predicted octanol–water partition coefficient (Wildman–Crippen LogP) is 1.67. The van der Waals surface area contributed by atoms with Crippen LogP contribution in [0.25, 0.3) is 0 Å². The third kappa shape index (κ3) is 1.61. The van der Waals surface area contributed by atoms with Crippen LogP contribution in [0, 0.1) is 5.82 Å². The van der Waals surface area contributed by atoms with Crippen LogP contribution in [0.3, 0.4) is 0 Å². The molecular weight excluding hydrogens is 173 g/mol. The van der Waals surface area contributed by atoms with Crippen LogP contribution < -0.4 is 5.73 Å². The van der Waals surface area contributed by atoms with Crippen molar-refractivity contribution in [2.45, 2.75) is 13.3 Å². The Balaban J connectivity index is 3.35. The van der Waals surface area contributed by atoms with Crippen molar-refractivity contribution in [2.75, 3.05) is 5.73 Å². The van der Waals surface area contributed by atoms with Gasteiger partial charge >= 0.3 is 5.97 Å². The summed E-state index contributed by atoms with van der Waals surface area (Å²) < 4.78 is 13.3. The molecule has 1 aromatic carbocycles. The smallest absolute Gasteiger partial charge is 0.338 e. The summed E-state index contributed by atoms with van der Waals surface area (Å²) in [6, 6.07) is 2.58. The van der Waals surface area contributed by atoms with Crippen LogP contribution >= 0.6 is 0 Å². The van der Waals surface area contributed by atoms with E-state index < -0.39 is 11.8 Å². The maximum Gasteiger partial charge on any atom is 0.338 e. The molecule has 0 aliphatic carbocycles. The van der Waals surface area contributed by atoms with E-state index in [0.29, 0.717) is 12.1 Å². The molecule has 0 fully saturated rings. The molecule has 0 aliphatic heterocycles. The number of carbonyl (C=O) groups is 1. The number of carboxylic acids is 1. The van der Waals surface area contributed by atoms with Gasteiger partial charge in [-0.15, -0.1) is 0 Å². The minimum Gasteiger partial charge on any atom is -0.478 e. The molecule has 0 radical (unpaired) electrons. The number of hydrogen-bond acceptors (Lipinski definition) is 2. The zero-order valence-corrected chi connectivity index (χ0v) is 7.17. The zero-order valence-electron chi connectivity index (χ0n) is 7.17. The second-order valence-corrected chi connectivity index (χ2v) is 2.65. The van der Waals surface area contributed by atoms with E-state index in [9.17, 15) is 9.18 Å². The second-order valence-electron chi connectivity index (χ2n) is 2.65. The zero-order chi connectivity index (χ0) is 10.0. The number of benzene rings is 1. The van der Waals surface area contributed by atoms with Crippen LogP contribution in [0.1, 0.15) is 22.8 Å². The van der Waals surface area contributed by atoms with Gasteiger partial charge in [-0.1, -0.05) is 6.92 Å². The van der Waals surface area contributed by atoms with Gasteiger partial charge < -0.3 is 10.8 Å². The Morgan fingerprint density at radius 3 is 2.69 bits per heavy atom. The molecule has 0 saturated carbocycles. The van der Waals surface area contributed by atoms with Gasteiger partial charge in [-0.2, -0.15) is 0 Å². The van der Waals surface area contributed by atoms with Crippen LogP contribution in [0.4, 0.5) is 10.1 Å². The van der Waals surface area contributed by atoms with Gasteiger partial charge in [-0.05, 0) is 18.6 Å². The van der Waals surface area contributed by atoms with Crippen molar-refractivity contribution in [3.8, 4) is 0 Å². The van der Waals surface area contributed by atoms with Gasteiger partial charge in [0.2, 0.25) is 0 Å². The summed E-state index contributed by atoms with van der Waals surface area (Å²) in [6.07, 6.45) is 0.388. The van der Waals surface area contributed by atoms with Crippen LogP contribution in [0.2, 0.25) is 0 Å². The Kier molecular flexibility index (Phi) is 2.51. The van der Waals surface area contributed by atoms with E-state index in [2.05, 4.69) is 0 Å². The Morgan fingerprint density at radius 1 is 1.62 bits per heavy atom. The monoisotopic (exact) mass is 183 g/mol. The quantitative estimate of drug-likeness (QED) is 0.685. The lowest BCUT2D eigenvalue weighted by Gasteiger charge is -2.06. The predicted molar refractivity (Wildman–Crippen MR) is 47.1 cm³/mol. The molecule has 0 heterocycles. The standard InChI is InChI=1S/C9H10FNO2/c1-2-5-7(11)4-3-6(8(5)10)9(12)13/h3-4H,2,11H2,1H3,(H,12,13). The Bertz CT molecular complexity index is 350. The number of rotatable bonds is 2. The molecule has 0 atom stereocenters. The number of anilines is 1. The minimum absolute atomic E-state index is 0.264. The van der Waals surface area contributed by atoms with Gasteiger partial charge in [0, 0.05) is 11.3 Å². The number of carboxylic acid groups (broad SMARTS) is 1. The fourth-order valence-electron chi connectivity index (χ4n) is 1.16. The van der Waals surface area contributed by atoms with Gasteiger partial charge in [0.15, 0.2) is 0 Å². The van der Waals surface area contributed by atoms with E-state index >= 15 is 0 Å². The number of nitrogens with two attached hydrogens (primary N) is 1. The molecule has 0 bridgehead atoms. The molecule has 4 heteroatoms. The van der Waals surface area contributed by atoms with E-state index in [1.54, 1.807) is 6.92 Å². The van der Waals surface area contributed by atoms with E-state index in [-0.39, 0.29) is 11.1 Å². The van der Waals surface area contributed by atoms with Crippen LogP contribution in [-0.4, -0.2) is 11.1 Å². The van der Waals surface area contributed by atoms with Crippen molar-refractivity contribution in [2.24, 2.45) is 0 Å². The van der Waals surface area contributed by atoms with Gasteiger partial charge in [0.05, 0.1) is 5.56 Å². The average Bonchev–Trinajstić information content (AvgIpc) is 2.04. The molecule has 0 saturated heterocycles. The molecule has 0 aromatic heterocycles. The molecule has 13 heavy (non-hydrogen) atoms. The van der Waals surface area contributed by atoms with Gasteiger partial charge in [-0.3, -0.25) is 0 Å². The first kappa shape index (κ1) is 9.51. The highest BCUT2D eigenvalue weighted by Gasteiger charge is 2.14. The highest BCUT2D eigenvalue weighted by molar-refractivity contribution is 5.88. The molecule has 1 aromatic rings. The SMILES string of the molecule is CCc1c(N)ccc(C(=O)O)c1F. The van der Waals surface area contributed by atoms with Crippen molar-refractivity contribution < 1.29 is 14.3 Å². The fourth-order valence-corrected chi connectivity index (χ4v) is 1.16. The maximum atomic E-state index is 13.3. The van der Waals surface area contributed by atoms with Crippen LogP contribution in [0.15, 0.2) is 12.1 Å². The van der Waals surface area contributed by atoms with Crippen molar-refractivity contribution in [3.05, 3.63) is 29.1 Å².